The van der Waals surface area contributed by atoms with Crippen molar-refractivity contribution in [2.75, 3.05) is 10.2 Å². The van der Waals surface area contributed by atoms with E-state index in [2.05, 4.69) is 6.26 Å². The van der Waals surface area contributed by atoms with Crippen molar-refractivity contribution in [1.29, 1.82) is 0 Å². The van der Waals surface area contributed by atoms with E-state index in [1.54, 1.807) is 12.1 Å². The minimum Gasteiger partial charge on any atom is -0.478 e. The third-order valence-electron chi connectivity index (χ3n) is 1.80. The number of carboxylic acids is 1. The third kappa shape index (κ3) is 1.43. The van der Waals surface area contributed by atoms with Crippen LogP contribution in [-0.4, -0.2) is 18.1 Å². The van der Waals surface area contributed by atoms with Gasteiger partial charge in [0.1, 0.15) is 21.3 Å². The van der Waals surface area contributed by atoms with Gasteiger partial charge in [0.05, 0.1) is 16.9 Å². The van der Waals surface area contributed by atoms with Gasteiger partial charge in [-0.1, -0.05) is 0 Å². The van der Waals surface area contributed by atoms with Crippen molar-refractivity contribution in [3.63, 3.8) is 0 Å². The van der Waals surface area contributed by atoms with Crippen LogP contribution < -0.4 is 3.11 Å². The van der Waals surface area contributed by atoms with Gasteiger partial charge < -0.3 is 8.22 Å². The molecule has 0 bridgehead atoms. The summed E-state index contributed by atoms with van der Waals surface area (Å²) in [4.78, 5) is 10.6. The van der Waals surface area contributed by atoms with E-state index in [1.807, 2.05) is 13.1 Å². The van der Waals surface area contributed by atoms with Crippen LogP contribution in [0, 0.1) is 0 Å². The van der Waals surface area contributed by atoms with Gasteiger partial charge in [0, 0.05) is 7.05 Å². The molecule has 1 aliphatic heterocycles. The van der Waals surface area contributed by atoms with Gasteiger partial charge in [-0.3, -0.25) is 0 Å². The van der Waals surface area contributed by atoms with Crippen molar-refractivity contribution in [2.45, 2.75) is 0 Å². The molecule has 5 heteroatoms. The number of nitrogens with zero attached hydrogens (tertiary/aromatic N) is 2. The Kier molecular flexibility index (Phi) is 2.03. The zero-order valence-electron chi connectivity index (χ0n) is 6.86. The number of fused-ring (bicyclic) bond motifs is 1. The Bertz CT molecular complexity index is 403. The maximum atomic E-state index is 10.6. The van der Waals surface area contributed by atoms with Gasteiger partial charge >= 0.3 is 5.97 Å². The highest BCUT2D eigenvalue weighted by Crippen LogP contribution is 2.41. The van der Waals surface area contributed by atoms with E-state index in [-0.39, 0.29) is 21.3 Å². The van der Waals surface area contributed by atoms with Crippen molar-refractivity contribution in [2.24, 2.45) is 3.15 Å². The Morgan fingerprint density at radius 1 is 1.62 bits per heavy atom. The van der Waals surface area contributed by atoms with E-state index < -0.39 is 5.97 Å². The topological polar surface area (TPSA) is 52.9 Å². The predicted octanol–water partition coefficient (Wildman–Crippen LogP) is 2.54. The number of anilines is 1. The Morgan fingerprint density at radius 3 is 3.08 bits per heavy atom. The highest BCUT2D eigenvalue weighted by molar-refractivity contribution is 14.2. The molecule has 2 rings (SSSR count). The molecule has 1 heterocycles. The molecule has 0 saturated heterocycles. The van der Waals surface area contributed by atoms with Crippen molar-refractivity contribution in [3.8, 4) is 0 Å². The molecular formula is C8H7IN2O2. The SMILES string of the molecule is CN1I=Nc2cc(C(=O)O)ccc21. The maximum absolute atomic E-state index is 10.6. The molecule has 0 atom stereocenters. The summed E-state index contributed by atoms with van der Waals surface area (Å²) >= 11 is -0.318. The largest absolute Gasteiger partial charge is 0.478 e. The molecule has 1 aromatic rings. The van der Waals surface area contributed by atoms with Gasteiger partial charge in [-0.05, 0) is 18.2 Å². The maximum Gasteiger partial charge on any atom is 0.335 e. The van der Waals surface area contributed by atoms with Gasteiger partial charge in [0.25, 0.3) is 0 Å². The highest BCUT2D eigenvalue weighted by atomic mass is 127. The minimum atomic E-state index is -0.897. The van der Waals surface area contributed by atoms with Crippen LogP contribution >= 0.6 is 21.3 Å². The highest BCUT2D eigenvalue weighted by Gasteiger charge is 2.14. The lowest BCUT2D eigenvalue weighted by molar-refractivity contribution is 0.0697. The molecule has 1 aromatic carbocycles. The first-order valence-electron chi connectivity index (χ1n) is 3.65. The number of halogens is 1. The average Bonchev–Trinajstić information content (AvgIpc) is 2.47. The summed E-state index contributed by atoms with van der Waals surface area (Å²) in [5, 5.41) is 8.74. The lowest BCUT2D eigenvalue weighted by Gasteiger charge is -2.06. The molecule has 0 radical (unpaired) electrons. The van der Waals surface area contributed by atoms with Crippen LogP contribution in [0.1, 0.15) is 10.4 Å². The van der Waals surface area contributed by atoms with Crippen LogP contribution in [0.2, 0.25) is 0 Å². The fourth-order valence-electron chi connectivity index (χ4n) is 1.12. The Morgan fingerprint density at radius 2 is 2.38 bits per heavy atom. The molecule has 68 valence electrons. The summed E-state index contributed by atoms with van der Waals surface area (Å²) in [5.74, 6) is -0.897. The molecular weight excluding hydrogens is 283 g/mol. The quantitative estimate of drug-likeness (QED) is 0.638. The van der Waals surface area contributed by atoms with E-state index in [9.17, 15) is 4.79 Å². The van der Waals surface area contributed by atoms with Crippen LogP contribution in [0.5, 0.6) is 0 Å². The first-order chi connectivity index (χ1) is 6.18. The van der Waals surface area contributed by atoms with Gasteiger partial charge in [0.2, 0.25) is 0 Å². The Balaban J connectivity index is 2.50. The zero-order valence-corrected chi connectivity index (χ0v) is 9.02. The van der Waals surface area contributed by atoms with Crippen molar-refractivity contribution in [1.82, 2.24) is 0 Å². The second-order valence-electron chi connectivity index (χ2n) is 2.65. The van der Waals surface area contributed by atoms with Crippen LogP contribution in [0.3, 0.4) is 0 Å². The van der Waals surface area contributed by atoms with Crippen LogP contribution in [0.4, 0.5) is 11.4 Å². The van der Waals surface area contributed by atoms with E-state index in [1.165, 1.54) is 0 Å². The Hall–Kier alpha value is -0.980. The summed E-state index contributed by atoms with van der Waals surface area (Å²) in [6.45, 7) is 0. The molecule has 0 fully saturated rings. The van der Waals surface area contributed by atoms with Gasteiger partial charge in [-0.25, -0.2) is 7.94 Å². The monoisotopic (exact) mass is 290 g/mol. The van der Waals surface area contributed by atoms with Crippen molar-refractivity contribution in [3.05, 3.63) is 23.8 Å². The number of hydrogen-bond acceptors (Lipinski definition) is 3. The fourth-order valence-corrected chi connectivity index (χ4v) is 2.71. The first kappa shape index (κ1) is 8.61. The average molecular weight is 290 g/mol. The molecule has 0 aliphatic carbocycles. The van der Waals surface area contributed by atoms with E-state index in [0.29, 0.717) is 5.56 Å². The van der Waals surface area contributed by atoms with Crippen LogP contribution in [0.15, 0.2) is 21.3 Å². The second kappa shape index (κ2) is 3.06. The van der Waals surface area contributed by atoms with E-state index in [0.717, 1.165) is 11.4 Å². The zero-order chi connectivity index (χ0) is 9.42. The molecule has 1 aliphatic rings. The number of carboxylic acid groups (broad SMARTS) is 1. The molecule has 13 heavy (non-hydrogen) atoms. The number of carbonyl (C=O) groups is 1. The van der Waals surface area contributed by atoms with Gasteiger partial charge in [-0.2, -0.15) is 0 Å². The van der Waals surface area contributed by atoms with Gasteiger partial charge in [0.15, 0.2) is 0 Å². The summed E-state index contributed by atoms with van der Waals surface area (Å²) < 4.78 is 6.38. The normalized spacial score (nSPS) is 13.8. The molecule has 1 N–H and O–H groups in total. The Labute approximate surface area is 85.7 Å². The molecule has 4 nitrogen and oxygen atoms in total. The van der Waals surface area contributed by atoms with Crippen LogP contribution in [0.25, 0.3) is 0 Å². The summed E-state index contributed by atoms with van der Waals surface area (Å²) in [7, 11) is 1.98. The first-order valence-corrected chi connectivity index (χ1v) is 5.58. The fraction of sp³-hybridized carbons (Fsp3) is 0.125. The second-order valence-corrected chi connectivity index (χ2v) is 5.01. The molecule has 0 amide bonds. The van der Waals surface area contributed by atoms with Crippen molar-refractivity contribution >= 4 is 38.7 Å². The molecule has 0 saturated carbocycles. The number of benzene rings is 1. The summed E-state index contributed by atoms with van der Waals surface area (Å²) in [6.07, 6.45) is 0. The number of aromatic carboxylic acids is 1. The lowest BCUT2D eigenvalue weighted by atomic mass is 10.2. The summed E-state index contributed by atoms with van der Waals surface area (Å²) in [5.41, 5.74) is 2.16. The number of rotatable bonds is 1. The van der Waals surface area contributed by atoms with E-state index >= 15 is 0 Å². The van der Waals surface area contributed by atoms with Gasteiger partial charge in [-0.15, -0.1) is 0 Å². The van der Waals surface area contributed by atoms with Crippen LogP contribution in [-0.2, 0) is 0 Å². The molecule has 0 unspecified atom stereocenters. The number of hydrogen-bond donors (Lipinski definition) is 1. The molecule has 0 spiro atoms. The third-order valence-corrected chi connectivity index (χ3v) is 3.70. The smallest absolute Gasteiger partial charge is 0.335 e. The predicted molar refractivity (Wildman–Crippen MR) is 57.9 cm³/mol. The minimum absolute atomic E-state index is 0.307. The van der Waals surface area contributed by atoms with Crippen molar-refractivity contribution < 1.29 is 9.90 Å². The molecule has 0 aromatic heterocycles. The van der Waals surface area contributed by atoms with E-state index in [4.69, 9.17) is 5.11 Å². The lowest BCUT2D eigenvalue weighted by Crippen LogP contribution is -1.99. The standard InChI is InChI=1S/C8H7IN2O2/c1-11-7-3-2-5(8(12)13)4-6(7)10-9-11/h2-4H,1H3,(H,12,13). The summed E-state index contributed by atoms with van der Waals surface area (Å²) in [6, 6.07) is 5.05.